The highest BCUT2D eigenvalue weighted by atomic mass is 17.2. The van der Waals surface area contributed by atoms with Crippen molar-refractivity contribution < 1.29 is 24.4 Å². The van der Waals surface area contributed by atoms with Gasteiger partial charge >= 0.3 is 0 Å². The van der Waals surface area contributed by atoms with Gasteiger partial charge in [0, 0.05) is 18.5 Å². The highest BCUT2D eigenvalue weighted by molar-refractivity contribution is 5.79. The third-order valence-electron chi connectivity index (χ3n) is 4.54. The van der Waals surface area contributed by atoms with Crippen LogP contribution in [-0.2, 0) is 22.5 Å². The average molecular weight is 400 g/mol. The lowest BCUT2D eigenvalue weighted by atomic mass is 10.1. The lowest BCUT2D eigenvalue weighted by Gasteiger charge is -2.29. The van der Waals surface area contributed by atoms with Gasteiger partial charge in [-0.1, -0.05) is 36.4 Å². The number of amides is 1. The second kappa shape index (κ2) is 9.73. The van der Waals surface area contributed by atoms with Gasteiger partial charge in [0.05, 0.1) is 18.7 Å². The molecule has 1 unspecified atom stereocenters. The molecule has 0 saturated carbocycles. The largest absolute Gasteiger partial charge is 0.490 e. The first-order valence-corrected chi connectivity index (χ1v) is 9.75. The van der Waals surface area contributed by atoms with E-state index in [-0.39, 0.29) is 19.1 Å². The Balaban J connectivity index is 1.43. The number of rotatable bonds is 9. The third kappa shape index (κ3) is 6.45. The van der Waals surface area contributed by atoms with Crippen LogP contribution in [0.4, 0.5) is 0 Å². The summed E-state index contributed by atoms with van der Waals surface area (Å²) in [6.07, 6.45) is 0.264. The molecule has 7 nitrogen and oxygen atoms in total. The number of hydrogen-bond acceptors (Lipinski definition) is 6. The van der Waals surface area contributed by atoms with Gasteiger partial charge in [0.15, 0.2) is 5.75 Å². The summed E-state index contributed by atoms with van der Waals surface area (Å²) in [5.74, 6) is 1.24. The van der Waals surface area contributed by atoms with Gasteiger partial charge in [-0.25, -0.2) is 0 Å². The molecule has 0 aliphatic carbocycles. The van der Waals surface area contributed by atoms with Crippen molar-refractivity contribution in [3.8, 4) is 11.5 Å². The van der Waals surface area contributed by atoms with Gasteiger partial charge in [0.1, 0.15) is 18.5 Å². The maximum Gasteiger partial charge on any atom is 0.225 e. The summed E-state index contributed by atoms with van der Waals surface area (Å²) in [6.45, 7) is 4.57. The fourth-order valence-corrected chi connectivity index (χ4v) is 3.09. The first-order valence-electron chi connectivity index (χ1n) is 9.75. The van der Waals surface area contributed by atoms with Gasteiger partial charge in [0.2, 0.25) is 5.91 Å². The van der Waals surface area contributed by atoms with Gasteiger partial charge in [-0.05, 0) is 31.5 Å². The van der Waals surface area contributed by atoms with Crippen LogP contribution < -0.4 is 20.3 Å². The third-order valence-corrected chi connectivity index (χ3v) is 4.54. The smallest absolute Gasteiger partial charge is 0.225 e. The number of aliphatic hydroxyl groups is 1. The van der Waals surface area contributed by atoms with Crippen LogP contribution in [0.15, 0.2) is 48.5 Å². The molecule has 1 heterocycles. The summed E-state index contributed by atoms with van der Waals surface area (Å²) in [4.78, 5) is 22.4. The SMILES string of the molecule is CC(C)(NCC(O)COc1cccc2c1CCOO2)NC(=O)Cc1ccccc1. The number of ether oxygens (including phenoxy) is 1. The van der Waals surface area contributed by atoms with Crippen molar-refractivity contribution in [3.05, 3.63) is 59.7 Å². The maximum absolute atomic E-state index is 12.3. The molecule has 1 atom stereocenters. The van der Waals surface area contributed by atoms with E-state index in [9.17, 15) is 9.90 Å². The first-order chi connectivity index (χ1) is 13.9. The molecule has 3 rings (SSSR count). The Morgan fingerprint density at radius 1 is 1.21 bits per heavy atom. The number of hydrogen-bond donors (Lipinski definition) is 3. The first kappa shape index (κ1) is 21.1. The number of fused-ring (bicyclic) bond motifs is 1. The number of carbonyl (C=O) groups excluding carboxylic acids is 1. The minimum atomic E-state index is -0.739. The van der Waals surface area contributed by atoms with Crippen LogP contribution in [0.1, 0.15) is 25.0 Å². The number of carbonyl (C=O) groups is 1. The Kier molecular flexibility index (Phi) is 7.09. The summed E-state index contributed by atoms with van der Waals surface area (Å²) in [6, 6.07) is 15.1. The molecule has 0 aromatic heterocycles. The van der Waals surface area contributed by atoms with Crippen LogP contribution in [0.25, 0.3) is 0 Å². The van der Waals surface area contributed by atoms with Gasteiger partial charge in [-0.2, -0.15) is 4.89 Å². The van der Waals surface area contributed by atoms with Gasteiger partial charge in [-0.15, -0.1) is 0 Å². The normalized spacial score (nSPS) is 14.4. The van der Waals surface area contributed by atoms with Crippen molar-refractivity contribution in [3.63, 3.8) is 0 Å². The van der Waals surface area contributed by atoms with Crippen molar-refractivity contribution in [2.24, 2.45) is 0 Å². The van der Waals surface area contributed by atoms with E-state index >= 15 is 0 Å². The van der Waals surface area contributed by atoms with Crippen LogP contribution in [0.2, 0.25) is 0 Å². The molecule has 2 aromatic carbocycles. The van der Waals surface area contributed by atoms with E-state index < -0.39 is 11.8 Å². The molecule has 1 aliphatic rings. The lowest BCUT2D eigenvalue weighted by Crippen LogP contribution is -2.56. The van der Waals surface area contributed by atoms with E-state index in [2.05, 4.69) is 10.6 Å². The molecule has 0 spiro atoms. The molecule has 7 heteroatoms. The molecule has 2 aromatic rings. The molecule has 29 heavy (non-hydrogen) atoms. The van der Waals surface area contributed by atoms with Crippen molar-refractivity contribution in [1.29, 1.82) is 0 Å². The van der Waals surface area contributed by atoms with E-state index in [0.29, 0.717) is 30.9 Å². The Labute approximate surface area is 170 Å². The zero-order chi connectivity index (χ0) is 20.7. The highest BCUT2D eigenvalue weighted by Gasteiger charge is 2.22. The molecule has 1 amide bonds. The van der Waals surface area contributed by atoms with Crippen LogP contribution in [-0.4, -0.2) is 42.5 Å². The van der Waals surface area contributed by atoms with Crippen molar-refractivity contribution in [2.45, 2.75) is 38.5 Å². The summed E-state index contributed by atoms with van der Waals surface area (Å²) in [7, 11) is 0. The maximum atomic E-state index is 12.3. The predicted octanol–water partition coefficient (Wildman–Crippen LogP) is 1.98. The Bertz CT molecular complexity index is 810. The molecule has 0 saturated heterocycles. The fraction of sp³-hybridized carbons (Fsp3) is 0.409. The summed E-state index contributed by atoms with van der Waals surface area (Å²) < 4.78 is 5.78. The summed E-state index contributed by atoms with van der Waals surface area (Å²) >= 11 is 0. The molecule has 3 N–H and O–H groups in total. The van der Waals surface area contributed by atoms with Crippen molar-refractivity contribution in [1.82, 2.24) is 10.6 Å². The number of benzene rings is 2. The van der Waals surface area contributed by atoms with E-state index in [4.69, 9.17) is 14.5 Å². The Hall–Kier alpha value is -2.61. The van der Waals surface area contributed by atoms with Crippen LogP contribution >= 0.6 is 0 Å². The average Bonchev–Trinajstić information content (AvgIpc) is 2.71. The predicted molar refractivity (Wildman–Crippen MR) is 109 cm³/mol. The van der Waals surface area contributed by atoms with E-state index in [1.54, 1.807) is 0 Å². The van der Waals surface area contributed by atoms with E-state index in [1.807, 2.05) is 62.4 Å². The van der Waals surface area contributed by atoms with Crippen molar-refractivity contribution in [2.75, 3.05) is 19.8 Å². The van der Waals surface area contributed by atoms with Gasteiger partial charge < -0.3 is 20.0 Å². The number of aliphatic hydroxyl groups excluding tert-OH is 1. The topological polar surface area (TPSA) is 89.1 Å². The second-order valence-corrected chi connectivity index (χ2v) is 7.57. The standard InChI is InChI=1S/C22H28N2O5/c1-22(2,24-21(26)13-16-7-4-3-5-8-16)23-14-17(25)15-27-19-9-6-10-20-18(19)11-12-28-29-20/h3-10,17,23,25H,11-15H2,1-2H3,(H,24,26). The monoisotopic (exact) mass is 400 g/mol. The Morgan fingerprint density at radius 3 is 2.79 bits per heavy atom. The molecular formula is C22H28N2O5. The fourth-order valence-electron chi connectivity index (χ4n) is 3.09. The summed E-state index contributed by atoms with van der Waals surface area (Å²) in [5.41, 5.74) is 1.23. The minimum Gasteiger partial charge on any atom is -0.490 e. The molecule has 156 valence electrons. The molecule has 0 fully saturated rings. The molecule has 0 bridgehead atoms. The van der Waals surface area contributed by atoms with E-state index in [0.717, 1.165) is 11.1 Å². The zero-order valence-electron chi connectivity index (χ0n) is 16.8. The van der Waals surface area contributed by atoms with Crippen LogP contribution in [0.3, 0.4) is 0 Å². The van der Waals surface area contributed by atoms with Crippen LogP contribution in [0, 0.1) is 0 Å². The minimum absolute atomic E-state index is 0.0856. The molecule has 0 radical (unpaired) electrons. The molecule has 1 aliphatic heterocycles. The second-order valence-electron chi connectivity index (χ2n) is 7.57. The van der Waals surface area contributed by atoms with Crippen LogP contribution in [0.5, 0.6) is 11.5 Å². The van der Waals surface area contributed by atoms with E-state index in [1.165, 1.54) is 0 Å². The van der Waals surface area contributed by atoms with Gasteiger partial charge in [0.25, 0.3) is 0 Å². The molecular weight excluding hydrogens is 372 g/mol. The quantitative estimate of drug-likeness (QED) is 0.441. The number of nitrogens with one attached hydrogen (secondary N) is 2. The summed E-state index contributed by atoms with van der Waals surface area (Å²) in [5, 5.41) is 16.4. The zero-order valence-corrected chi connectivity index (χ0v) is 16.8. The Morgan fingerprint density at radius 2 is 2.00 bits per heavy atom. The van der Waals surface area contributed by atoms with Gasteiger partial charge in [-0.3, -0.25) is 10.1 Å². The highest BCUT2D eigenvalue weighted by Crippen LogP contribution is 2.31. The van der Waals surface area contributed by atoms with Crippen molar-refractivity contribution >= 4 is 5.91 Å². The lowest BCUT2D eigenvalue weighted by molar-refractivity contribution is -0.215.